The molecule has 0 saturated carbocycles. The lowest BCUT2D eigenvalue weighted by atomic mass is 10.2. The molecule has 5 heteroatoms. The van der Waals surface area contributed by atoms with E-state index in [0.717, 1.165) is 37.4 Å². The molecule has 2 rings (SSSR count). The molecule has 1 aliphatic rings. The largest absolute Gasteiger partial charge is 0.334 e. The molecule has 0 bridgehead atoms. The minimum atomic E-state index is 0.137. The number of thiazole rings is 1. The van der Waals surface area contributed by atoms with Crippen LogP contribution in [0.4, 0.5) is 0 Å². The standard InChI is InChI=1S/C11H17N3OS/c1-2-5-14(9-3-4-12-6-9)11(15)10-7-13-8-16-10/h7-9,12H,2-6H2,1H3. The lowest BCUT2D eigenvalue weighted by molar-refractivity contribution is 0.0697. The van der Waals surface area contributed by atoms with Gasteiger partial charge in [0.2, 0.25) is 0 Å². The molecule has 0 aliphatic carbocycles. The first kappa shape index (κ1) is 11.5. The minimum absolute atomic E-state index is 0.137. The molecule has 1 atom stereocenters. The van der Waals surface area contributed by atoms with E-state index in [9.17, 15) is 4.79 Å². The summed E-state index contributed by atoms with van der Waals surface area (Å²) < 4.78 is 0. The van der Waals surface area contributed by atoms with Crippen LogP contribution in [0.25, 0.3) is 0 Å². The van der Waals surface area contributed by atoms with Crippen molar-refractivity contribution in [1.29, 1.82) is 0 Å². The quantitative estimate of drug-likeness (QED) is 0.863. The molecule has 0 aromatic carbocycles. The zero-order valence-corrected chi connectivity index (χ0v) is 10.3. The first-order valence-electron chi connectivity index (χ1n) is 5.73. The molecule has 1 saturated heterocycles. The van der Waals surface area contributed by atoms with E-state index in [0.29, 0.717) is 6.04 Å². The van der Waals surface area contributed by atoms with Gasteiger partial charge in [0.1, 0.15) is 4.88 Å². The molecule has 4 nitrogen and oxygen atoms in total. The number of carbonyl (C=O) groups is 1. The first-order valence-corrected chi connectivity index (χ1v) is 6.61. The van der Waals surface area contributed by atoms with Crippen LogP contribution in [0.15, 0.2) is 11.7 Å². The van der Waals surface area contributed by atoms with E-state index < -0.39 is 0 Å². The molecule has 1 aliphatic heterocycles. The van der Waals surface area contributed by atoms with E-state index in [1.807, 2.05) is 4.90 Å². The van der Waals surface area contributed by atoms with E-state index in [4.69, 9.17) is 0 Å². The highest BCUT2D eigenvalue weighted by atomic mass is 32.1. The zero-order valence-electron chi connectivity index (χ0n) is 9.48. The molecule has 2 heterocycles. The second kappa shape index (κ2) is 5.41. The molecule has 1 fully saturated rings. The van der Waals surface area contributed by atoms with Gasteiger partial charge in [-0.15, -0.1) is 11.3 Å². The van der Waals surface area contributed by atoms with Crippen LogP contribution in [-0.2, 0) is 0 Å². The van der Waals surface area contributed by atoms with E-state index in [1.165, 1.54) is 11.3 Å². The Bertz CT molecular complexity index is 333. The molecule has 1 amide bonds. The number of nitrogens with zero attached hydrogens (tertiary/aromatic N) is 2. The van der Waals surface area contributed by atoms with Crippen molar-refractivity contribution in [3.05, 3.63) is 16.6 Å². The Kier molecular flexibility index (Phi) is 3.90. The zero-order chi connectivity index (χ0) is 11.4. The molecule has 88 valence electrons. The third kappa shape index (κ3) is 2.41. The highest BCUT2D eigenvalue weighted by Gasteiger charge is 2.27. The maximum absolute atomic E-state index is 12.3. The first-order chi connectivity index (χ1) is 7.83. The van der Waals surface area contributed by atoms with Gasteiger partial charge in [0.25, 0.3) is 5.91 Å². The van der Waals surface area contributed by atoms with E-state index >= 15 is 0 Å². The van der Waals surface area contributed by atoms with Gasteiger partial charge in [-0.3, -0.25) is 9.78 Å². The minimum Gasteiger partial charge on any atom is -0.334 e. The van der Waals surface area contributed by atoms with Crippen molar-refractivity contribution in [1.82, 2.24) is 15.2 Å². The maximum atomic E-state index is 12.3. The van der Waals surface area contributed by atoms with Crippen molar-refractivity contribution in [3.63, 3.8) is 0 Å². The Morgan fingerprint density at radius 3 is 3.19 bits per heavy atom. The van der Waals surface area contributed by atoms with Crippen LogP contribution in [0.1, 0.15) is 29.4 Å². The predicted octanol–water partition coefficient (Wildman–Crippen LogP) is 1.36. The molecule has 0 radical (unpaired) electrons. The van der Waals surface area contributed by atoms with E-state index in [2.05, 4.69) is 17.2 Å². The van der Waals surface area contributed by atoms with Crippen LogP contribution in [-0.4, -0.2) is 41.5 Å². The lowest BCUT2D eigenvalue weighted by Crippen LogP contribution is -2.41. The van der Waals surface area contributed by atoms with Gasteiger partial charge < -0.3 is 10.2 Å². The van der Waals surface area contributed by atoms with Crippen molar-refractivity contribution in [2.75, 3.05) is 19.6 Å². The molecular weight excluding hydrogens is 222 g/mol. The van der Waals surface area contributed by atoms with E-state index in [-0.39, 0.29) is 5.91 Å². The summed E-state index contributed by atoms with van der Waals surface area (Å²) in [6.45, 7) is 4.88. The fraction of sp³-hybridized carbons (Fsp3) is 0.636. The number of amides is 1. The fourth-order valence-electron chi connectivity index (χ4n) is 2.06. The van der Waals surface area contributed by atoms with Gasteiger partial charge in [0.05, 0.1) is 11.7 Å². The van der Waals surface area contributed by atoms with Crippen LogP contribution >= 0.6 is 11.3 Å². The van der Waals surface area contributed by atoms with Crippen molar-refractivity contribution in [2.45, 2.75) is 25.8 Å². The molecule has 1 unspecified atom stereocenters. The summed E-state index contributed by atoms with van der Waals surface area (Å²) in [6, 6.07) is 0.356. The number of carbonyl (C=O) groups excluding carboxylic acids is 1. The Morgan fingerprint density at radius 2 is 2.62 bits per heavy atom. The highest BCUT2D eigenvalue weighted by Crippen LogP contribution is 2.16. The molecule has 1 N–H and O–H groups in total. The van der Waals surface area contributed by atoms with Crippen molar-refractivity contribution < 1.29 is 4.79 Å². The Balaban J connectivity index is 2.09. The summed E-state index contributed by atoms with van der Waals surface area (Å²) in [5, 5.41) is 3.31. The van der Waals surface area contributed by atoms with Crippen molar-refractivity contribution >= 4 is 17.2 Å². The normalized spacial score (nSPS) is 19.9. The van der Waals surface area contributed by atoms with Gasteiger partial charge in [-0.1, -0.05) is 6.92 Å². The average Bonchev–Trinajstić information content (AvgIpc) is 2.96. The molecule has 0 spiro atoms. The summed E-state index contributed by atoms with van der Waals surface area (Å²) in [5.41, 5.74) is 1.71. The van der Waals surface area contributed by atoms with Crippen LogP contribution in [0.5, 0.6) is 0 Å². The summed E-state index contributed by atoms with van der Waals surface area (Å²) in [4.78, 5) is 19.0. The lowest BCUT2D eigenvalue weighted by Gasteiger charge is -2.27. The number of aromatic nitrogens is 1. The van der Waals surface area contributed by atoms with Gasteiger partial charge in [-0.2, -0.15) is 0 Å². The van der Waals surface area contributed by atoms with Gasteiger partial charge in [-0.05, 0) is 19.4 Å². The second-order valence-electron chi connectivity index (χ2n) is 4.01. The maximum Gasteiger partial charge on any atom is 0.265 e. The smallest absolute Gasteiger partial charge is 0.265 e. The predicted molar refractivity (Wildman–Crippen MR) is 64.7 cm³/mol. The van der Waals surface area contributed by atoms with E-state index in [1.54, 1.807) is 11.7 Å². The van der Waals surface area contributed by atoms with Gasteiger partial charge >= 0.3 is 0 Å². The average molecular weight is 239 g/mol. The van der Waals surface area contributed by atoms with Crippen molar-refractivity contribution in [2.24, 2.45) is 0 Å². The summed E-state index contributed by atoms with van der Waals surface area (Å²) in [7, 11) is 0. The second-order valence-corrected chi connectivity index (χ2v) is 4.90. The molecular formula is C11H17N3OS. The molecule has 16 heavy (non-hydrogen) atoms. The monoisotopic (exact) mass is 239 g/mol. The molecule has 1 aromatic heterocycles. The third-order valence-electron chi connectivity index (χ3n) is 2.84. The van der Waals surface area contributed by atoms with Crippen molar-refractivity contribution in [3.8, 4) is 0 Å². The third-order valence-corrected chi connectivity index (χ3v) is 3.60. The number of rotatable bonds is 4. The van der Waals surface area contributed by atoms with Crippen LogP contribution in [0.2, 0.25) is 0 Å². The highest BCUT2D eigenvalue weighted by molar-refractivity contribution is 7.11. The Morgan fingerprint density at radius 1 is 1.75 bits per heavy atom. The number of hydrogen-bond donors (Lipinski definition) is 1. The topological polar surface area (TPSA) is 45.2 Å². The van der Waals surface area contributed by atoms with Crippen LogP contribution < -0.4 is 5.32 Å². The Hall–Kier alpha value is -0.940. The summed E-state index contributed by atoms with van der Waals surface area (Å²) in [6.07, 6.45) is 3.73. The Labute approximate surface area is 99.7 Å². The van der Waals surface area contributed by atoms with Crippen LogP contribution in [0.3, 0.4) is 0 Å². The molecule has 1 aromatic rings. The van der Waals surface area contributed by atoms with Gasteiger partial charge in [0, 0.05) is 19.1 Å². The van der Waals surface area contributed by atoms with Crippen LogP contribution in [0, 0.1) is 0 Å². The summed E-state index contributed by atoms with van der Waals surface area (Å²) in [5.74, 6) is 0.137. The SMILES string of the molecule is CCCN(C(=O)c1cncs1)C1CCNC1. The summed E-state index contributed by atoms with van der Waals surface area (Å²) >= 11 is 1.42. The van der Waals surface area contributed by atoms with Gasteiger partial charge in [0.15, 0.2) is 0 Å². The fourth-order valence-corrected chi connectivity index (χ4v) is 2.63. The number of nitrogens with one attached hydrogen (secondary N) is 1. The van der Waals surface area contributed by atoms with Gasteiger partial charge in [-0.25, -0.2) is 0 Å². The number of hydrogen-bond acceptors (Lipinski definition) is 4.